The summed E-state index contributed by atoms with van der Waals surface area (Å²) in [6, 6.07) is -1.34. The summed E-state index contributed by atoms with van der Waals surface area (Å²) in [5, 5.41) is 4.48. The molecule has 1 saturated heterocycles. The Bertz CT molecular complexity index is 396. The highest BCUT2D eigenvalue weighted by molar-refractivity contribution is 6.04. The van der Waals surface area contributed by atoms with Crippen LogP contribution < -0.4 is 10.6 Å². The van der Waals surface area contributed by atoms with Crippen LogP contribution in [0.2, 0.25) is 0 Å². The van der Waals surface area contributed by atoms with Crippen molar-refractivity contribution >= 4 is 23.8 Å². The van der Waals surface area contributed by atoms with Crippen molar-refractivity contribution in [3.63, 3.8) is 0 Å². The van der Waals surface area contributed by atoms with Crippen molar-refractivity contribution in [2.75, 3.05) is 19.7 Å². The third kappa shape index (κ3) is 3.94. The maximum absolute atomic E-state index is 11.8. The first-order chi connectivity index (χ1) is 8.99. The lowest BCUT2D eigenvalue weighted by Crippen LogP contribution is -2.61. The van der Waals surface area contributed by atoms with Crippen LogP contribution in [0.5, 0.6) is 0 Å². The number of hydrogen-bond acceptors (Lipinski definition) is 5. The maximum Gasteiger partial charge on any atom is 0.325 e. The van der Waals surface area contributed by atoms with E-state index in [2.05, 4.69) is 15.4 Å². The van der Waals surface area contributed by atoms with Crippen LogP contribution in [0.15, 0.2) is 0 Å². The number of carbonyl (C=O) groups excluding carboxylic acids is 4. The quantitative estimate of drug-likeness (QED) is 0.504. The number of nitrogens with zero attached hydrogens (tertiary/aromatic N) is 1. The van der Waals surface area contributed by atoms with E-state index in [4.69, 9.17) is 0 Å². The number of esters is 1. The number of hydrogen-bond donors (Lipinski definition) is 2. The molecule has 0 aliphatic carbocycles. The highest BCUT2D eigenvalue weighted by Gasteiger charge is 2.35. The minimum atomic E-state index is -0.708. The van der Waals surface area contributed by atoms with Crippen LogP contribution in [0.4, 0.5) is 4.79 Å². The lowest BCUT2D eigenvalue weighted by atomic mass is 10.1. The van der Waals surface area contributed by atoms with Crippen molar-refractivity contribution in [1.82, 2.24) is 15.5 Å². The Morgan fingerprint density at radius 1 is 1.42 bits per heavy atom. The van der Waals surface area contributed by atoms with Crippen LogP contribution in [-0.2, 0) is 19.1 Å². The van der Waals surface area contributed by atoms with Gasteiger partial charge < -0.3 is 15.0 Å². The lowest BCUT2D eigenvalue weighted by molar-refractivity contribution is -0.141. The molecule has 0 bridgehead atoms. The van der Waals surface area contributed by atoms with Gasteiger partial charge >= 0.3 is 12.0 Å². The molecule has 1 fully saturated rings. The van der Waals surface area contributed by atoms with Crippen molar-refractivity contribution in [1.29, 1.82) is 0 Å². The molecule has 2 N–H and O–H groups in total. The summed E-state index contributed by atoms with van der Waals surface area (Å²) in [5.41, 5.74) is 0. The van der Waals surface area contributed by atoms with E-state index in [-0.39, 0.29) is 19.7 Å². The standard InChI is InChI=1S/C11H17N3O5/c1-3-7-10(17)13-8(15)6-14(7)11(18)12-5-9(16)19-4-2/h7H,3-6H2,1-2H3,(H,12,18)(H,13,15,17). The molecule has 0 spiro atoms. The van der Waals surface area contributed by atoms with Gasteiger partial charge in [-0.3, -0.25) is 19.7 Å². The zero-order valence-corrected chi connectivity index (χ0v) is 10.9. The van der Waals surface area contributed by atoms with Crippen LogP contribution in [0, 0.1) is 0 Å². The zero-order valence-electron chi connectivity index (χ0n) is 10.9. The fourth-order valence-corrected chi connectivity index (χ4v) is 1.75. The molecule has 0 radical (unpaired) electrons. The Morgan fingerprint density at radius 2 is 2.11 bits per heavy atom. The van der Waals surface area contributed by atoms with Crippen molar-refractivity contribution in [3.8, 4) is 0 Å². The maximum atomic E-state index is 11.8. The van der Waals surface area contributed by atoms with E-state index >= 15 is 0 Å². The summed E-state index contributed by atoms with van der Waals surface area (Å²) in [4.78, 5) is 46.9. The Kier molecular flexibility index (Phi) is 5.28. The first kappa shape index (κ1) is 14.9. The van der Waals surface area contributed by atoms with E-state index in [1.54, 1.807) is 13.8 Å². The lowest BCUT2D eigenvalue weighted by Gasteiger charge is -2.33. The topological polar surface area (TPSA) is 105 Å². The van der Waals surface area contributed by atoms with Gasteiger partial charge in [-0.25, -0.2) is 4.79 Å². The molecule has 4 amide bonds. The summed E-state index contributed by atoms with van der Waals surface area (Å²) in [5.74, 6) is -1.62. The minimum absolute atomic E-state index is 0.209. The van der Waals surface area contributed by atoms with Crippen molar-refractivity contribution in [3.05, 3.63) is 0 Å². The summed E-state index contributed by atoms with van der Waals surface area (Å²) < 4.78 is 4.66. The van der Waals surface area contributed by atoms with Crippen molar-refractivity contribution in [2.24, 2.45) is 0 Å². The number of piperazine rings is 1. The fraction of sp³-hybridized carbons (Fsp3) is 0.636. The summed E-state index contributed by atoms with van der Waals surface area (Å²) in [7, 11) is 0. The third-order valence-corrected chi connectivity index (χ3v) is 2.59. The monoisotopic (exact) mass is 271 g/mol. The number of imide groups is 1. The predicted octanol–water partition coefficient (Wildman–Crippen LogP) is -1.00. The van der Waals surface area contributed by atoms with Gasteiger partial charge in [-0.15, -0.1) is 0 Å². The second-order valence-electron chi connectivity index (χ2n) is 3.93. The van der Waals surface area contributed by atoms with Crippen molar-refractivity contribution in [2.45, 2.75) is 26.3 Å². The van der Waals surface area contributed by atoms with E-state index in [0.717, 1.165) is 4.90 Å². The number of amides is 4. The van der Waals surface area contributed by atoms with Gasteiger partial charge in [-0.1, -0.05) is 6.92 Å². The summed E-state index contributed by atoms with van der Waals surface area (Å²) in [6.45, 7) is 3.09. The molecule has 1 unspecified atom stereocenters. The van der Waals surface area contributed by atoms with Gasteiger partial charge in [0.2, 0.25) is 11.8 Å². The number of urea groups is 1. The normalized spacial score (nSPS) is 18.8. The minimum Gasteiger partial charge on any atom is -0.465 e. The van der Waals surface area contributed by atoms with E-state index < -0.39 is 29.9 Å². The average Bonchev–Trinajstić information content (AvgIpc) is 2.35. The molecule has 1 rings (SSSR count). The Balaban J connectivity index is 2.60. The third-order valence-electron chi connectivity index (χ3n) is 2.59. The largest absolute Gasteiger partial charge is 0.465 e. The van der Waals surface area contributed by atoms with Gasteiger partial charge in [-0.05, 0) is 13.3 Å². The Hall–Kier alpha value is -2.12. The molecule has 8 nitrogen and oxygen atoms in total. The molecule has 1 heterocycles. The Labute approximate surface area is 110 Å². The van der Waals surface area contributed by atoms with E-state index in [1.807, 2.05) is 0 Å². The van der Waals surface area contributed by atoms with Gasteiger partial charge in [0.05, 0.1) is 6.61 Å². The highest BCUT2D eigenvalue weighted by Crippen LogP contribution is 2.09. The van der Waals surface area contributed by atoms with E-state index in [9.17, 15) is 19.2 Å². The van der Waals surface area contributed by atoms with Gasteiger partial charge in [0, 0.05) is 0 Å². The van der Waals surface area contributed by atoms with Gasteiger partial charge in [0.25, 0.3) is 0 Å². The average molecular weight is 271 g/mol. The zero-order chi connectivity index (χ0) is 14.4. The molecular weight excluding hydrogens is 254 g/mol. The fourth-order valence-electron chi connectivity index (χ4n) is 1.75. The number of rotatable bonds is 4. The van der Waals surface area contributed by atoms with Crippen LogP contribution >= 0.6 is 0 Å². The molecule has 19 heavy (non-hydrogen) atoms. The number of ether oxygens (including phenoxy) is 1. The predicted molar refractivity (Wildman–Crippen MR) is 64.0 cm³/mol. The second kappa shape index (κ2) is 6.72. The van der Waals surface area contributed by atoms with Crippen LogP contribution in [0.25, 0.3) is 0 Å². The molecule has 0 aromatic carbocycles. The molecule has 0 aromatic heterocycles. The summed E-state index contributed by atoms with van der Waals surface area (Å²) >= 11 is 0. The molecule has 1 aliphatic heterocycles. The summed E-state index contributed by atoms with van der Waals surface area (Å²) in [6.07, 6.45) is 0.381. The second-order valence-corrected chi connectivity index (χ2v) is 3.93. The number of carbonyl (C=O) groups is 4. The molecule has 1 atom stereocenters. The molecule has 8 heteroatoms. The van der Waals surface area contributed by atoms with Gasteiger partial charge in [-0.2, -0.15) is 0 Å². The smallest absolute Gasteiger partial charge is 0.325 e. The first-order valence-electron chi connectivity index (χ1n) is 6.03. The molecule has 106 valence electrons. The highest BCUT2D eigenvalue weighted by atomic mass is 16.5. The van der Waals surface area contributed by atoms with E-state index in [0.29, 0.717) is 6.42 Å². The Morgan fingerprint density at radius 3 is 2.68 bits per heavy atom. The van der Waals surface area contributed by atoms with Crippen molar-refractivity contribution < 1.29 is 23.9 Å². The molecule has 1 aliphatic rings. The molecule has 0 saturated carbocycles. The molecular formula is C11H17N3O5. The SMILES string of the molecule is CCOC(=O)CNC(=O)N1CC(=O)NC(=O)C1CC. The van der Waals surface area contributed by atoms with Gasteiger partial charge in [0.15, 0.2) is 0 Å². The van der Waals surface area contributed by atoms with Crippen LogP contribution in [0.1, 0.15) is 20.3 Å². The molecule has 0 aromatic rings. The van der Waals surface area contributed by atoms with Crippen LogP contribution in [-0.4, -0.2) is 54.5 Å². The van der Waals surface area contributed by atoms with E-state index in [1.165, 1.54) is 0 Å². The number of nitrogens with one attached hydrogen (secondary N) is 2. The van der Waals surface area contributed by atoms with Crippen LogP contribution in [0.3, 0.4) is 0 Å². The first-order valence-corrected chi connectivity index (χ1v) is 6.03. The van der Waals surface area contributed by atoms with Gasteiger partial charge in [0.1, 0.15) is 19.1 Å².